The van der Waals surface area contributed by atoms with E-state index >= 15 is 0 Å². The molecule has 2 heterocycles. The Kier molecular flexibility index (Phi) is 2.52. The van der Waals surface area contributed by atoms with Crippen LogP contribution >= 0.6 is 11.6 Å². The fourth-order valence-electron chi connectivity index (χ4n) is 1.68. The smallest absolute Gasteiger partial charge is 0.150 e. The molecule has 0 N–H and O–H groups in total. The van der Waals surface area contributed by atoms with Gasteiger partial charge in [0, 0.05) is 23.7 Å². The molecule has 0 aromatic carbocycles. The predicted molar refractivity (Wildman–Crippen MR) is 62.2 cm³/mol. The van der Waals surface area contributed by atoms with Crippen molar-refractivity contribution in [3.05, 3.63) is 41.3 Å². The molecule has 1 fully saturated rings. The van der Waals surface area contributed by atoms with Gasteiger partial charge >= 0.3 is 0 Å². The molecule has 3 rings (SSSR count). The van der Waals surface area contributed by atoms with E-state index in [1.54, 1.807) is 12.1 Å². The van der Waals surface area contributed by atoms with Crippen LogP contribution in [0, 0.1) is 5.82 Å². The first-order chi connectivity index (χ1) is 8.24. The van der Waals surface area contributed by atoms with Crippen LogP contribution in [0.25, 0.3) is 11.3 Å². The molecule has 0 unspecified atom stereocenters. The first-order valence-corrected chi connectivity index (χ1v) is 5.76. The number of aromatic nitrogens is 3. The summed E-state index contributed by atoms with van der Waals surface area (Å²) < 4.78 is 13.6. The van der Waals surface area contributed by atoms with E-state index in [0.717, 1.165) is 12.8 Å². The molecule has 0 atom stereocenters. The molecule has 17 heavy (non-hydrogen) atoms. The lowest BCUT2D eigenvalue weighted by molar-refractivity contribution is 0.624. The highest BCUT2D eigenvalue weighted by Crippen LogP contribution is 2.39. The van der Waals surface area contributed by atoms with Gasteiger partial charge in [0.05, 0.1) is 11.9 Å². The van der Waals surface area contributed by atoms with E-state index in [1.807, 2.05) is 0 Å². The van der Waals surface area contributed by atoms with Crippen LogP contribution in [0.1, 0.15) is 24.6 Å². The van der Waals surface area contributed by atoms with E-state index in [-0.39, 0.29) is 0 Å². The van der Waals surface area contributed by atoms with Crippen molar-refractivity contribution in [2.24, 2.45) is 0 Å². The van der Waals surface area contributed by atoms with E-state index < -0.39 is 5.82 Å². The number of rotatable bonds is 2. The van der Waals surface area contributed by atoms with Gasteiger partial charge < -0.3 is 0 Å². The summed E-state index contributed by atoms with van der Waals surface area (Å²) in [5.74, 6) is 0.699. The highest BCUT2D eigenvalue weighted by Gasteiger charge is 2.27. The Balaban J connectivity index is 2.11. The molecule has 3 nitrogen and oxygen atoms in total. The lowest BCUT2D eigenvalue weighted by Gasteiger charge is -2.05. The summed E-state index contributed by atoms with van der Waals surface area (Å²) in [7, 11) is 0. The van der Waals surface area contributed by atoms with Gasteiger partial charge in [-0.1, -0.05) is 11.6 Å². The van der Waals surface area contributed by atoms with Crippen molar-refractivity contribution >= 4 is 11.6 Å². The molecule has 0 spiro atoms. The largest absolute Gasteiger partial charge is 0.262 e. The minimum absolute atomic E-state index is 0.355. The van der Waals surface area contributed by atoms with Gasteiger partial charge in [0.25, 0.3) is 0 Å². The number of pyridine rings is 1. The van der Waals surface area contributed by atoms with Crippen LogP contribution in [0.2, 0.25) is 5.15 Å². The predicted octanol–water partition coefficient (Wildman–Crippen LogP) is 3.21. The van der Waals surface area contributed by atoms with Crippen LogP contribution < -0.4 is 0 Å². The van der Waals surface area contributed by atoms with Gasteiger partial charge in [-0.25, -0.2) is 14.4 Å². The van der Waals surface area contributed by atoms with Crippen LogP contribution in [-0.4, -0.2) is 15.0 Å². The zero-order valence-electron chi connectivity index (χ0n) is 8.90. The standard InChI is InChI=1S/C12H9ClFN3/c13-11-5-10(8-3-4-15-6-9(8)14)16-12(17-11)7-1-2-7/h3-7H,1-2H2. The van der Waals surface area contributed by atoms with E-state index in [1.165, 1.54) is 12.4 Å². The first-order valence-electron chi connectivity index (χ1n) is 5.38. The lowest BCUT2D eigenvalue weighted by atomic mass is 10.2. The van der Waals surface area contributed by atoms with Crippen LogP contribution in [0.15, 0.2) is 24.5 Å². The van der Waals surface area contributed by atoms with E-state index in [4.69, 9.17) is 11.6 Å². The van der Waals surface area contributed by atoms with Crippen LogP contribution in [0.4, 0.5) is 4.39 Å². The summed E-state index contributed by atoms with van der Waals surface area (Å²) in [5.41, 5.74) is 0.929. The Morgan fingerprint density at radius 3 is 2.82 bits per heavy atom. The molecular weight excluding hydrogens is 241 g/mol. The Hall–Kier alpha value is -1.55. The molecule has 0 bridgehead atoms. The molecule has 0 amide bonds. The van der Waals surface area contributed by atoms with Crippen LogP contribution in [0.5, 0.6) is 0 Å². The second-order valence-corrected chi connectivity index (χ2v) is 4.45. The van der Waals surface area contributed by atoms with Crippen molar-refractivity contribution in [1.29, 1.82) is 0 Å². The molecule has 1 saturated carbocycles. The molecule has 5 heteroatoms. The molecule has 0 saturated heterocycles. The third-order valence-electron chi connectivity index (χ3n) is 2.70. The number of nitrogens with zero attached hydrogens (tertiary/aromatic N) is 3. The van der Waals surface area contributed by atoms with Gasteiger partial charge in [0.1, 0.15) is 11.0 Å². The Labute approximate surface area is 103 Å². The second kappa shape index (κ2) is 4.04. The average Bonchev–Trinajstić information content (AvgIpc) is 3.12. The highest BCUT2D eigenvalue weighted by molar-refractivity contribution is 6.29. The highest BCUT2D eigenvalue weighted by atomic mass is 35.5. The quantitative estimate of drug-likeness (QED) is 0.767. The maximum atomic E-state index is 13.6. The van der Waals surface area contributed by atoms with Crippen molar-refractivity contribution < 1.29 is 4.39 Å². The van der Waals surface area contributed by atoms with Crippen molar-refractivity contribution in [2.45, 2.75) is 18.8 Å². The van der Waals surface area contributed by atoms with Gasteiger partial charge in [-0.15, -0.1) is 0 Å². The normalized spacial score (nSPS) is 14.9. The summed E-state index contributed by atoms with van der Waals surface area (Å²) in [4.78, 5) is 12.2. The van der Waals surface area contributed by atoms with Gasteiger partial charge in [-0.05, 0) is 18.9 Å². The van der Waals surface area contributed by atoms with E-state index in [9.17, 15) is 4.39 Å². The third kappa shape index (κ3) is 2.13. The second-order valence-electron chi connectivity index (χ2n) is 4.06. The fraction of sp³-hybridized carbons (Fsp3) is 0.250. The molecule has 1 aliphatic rings. The van der Waals surface area contributed by atoms with Crippen molar-refractivity contribution in [1.82, 2.24) is 15.0 Å². The zero-order valence-corrected chi connectivity index (χ0v) is 9.65. The Bertz CT molecular complexity index is 569. The topological polar surface area (TPSA) is 38.7 Å². The first kappa shape index (κ1) is 10.6. The van der Waals surface area contributed by atoms with E-state index in [2.05, 4.69) is 15.0 Å². The molecule has 0 aliphatic heterocycles. The van der Waals surface area contributed by atoms with Crippen molar-refractivity contribution in [3.8, 4) is 11.3 Å². The van der Waals surface area contributed by atoms with Gasteiger partial charge in [-0.3, -0.25) is 4.98 Å². The fourth-order valence-corrected chi connectivity index (χ4v) is 1.87. The summed E-state index contributed by atoms with van der Waals surface area (Å²) in [5, 5.41) is 0.355. The molecule has 1 aliphatic carbocycles. The summed E-state index contributed by atoms with van der Waals surface area (Å²) in [6.45, 7) is 0. The molecule has 2 aromatic heterocycles. The molecule has 2 aromatic rings. The van der Waals surface area contributed by atoms with Gasteiger partial charge in [-0.2, -0.15) is 0 Å². The molecule has 86 valence electrons. The monoisotopic (exact) mass is 249 g/mol. The minimum atomic E-state index is -0.399. The summed E-state index contributed by atoms with van der Waals surface area (Å²) in [6.07, 6.45) is 4.87. The number of halogens is 2. The SMILES string of the molecule is Fc1cnccc1-c1cc(Cl)nc(C2CC2)n1. The van der Waals surface area contributed by atoms with Gasteiger partial charge in [0.15, 0.2) is 5.82 Å². The number of hydrogen-bond acceptors (Lipinski definition) is 3. The van der Waals surface area contributed by atoms with Gasteiger partial charge in [0.2, 0.25) is 0 Å². The van der Waals surface area contributed by atoms with E-state index in [0.29, 0.717) is 28.2 Å². The average molecular weight is 250 g/mol. The number of hydrogen-bond donors (Lipinski definition) is 0. The van der Waals surface area contributed by atoms with Crippen molar-refractivity contribution in [3.63, 3.8) is 0 Å². The lowest BCUT2D eigenvalue weighted by Crippen LogP contribution is -1.97. The zero-order chi connectivity index (χ0) is 11.8. The van der Waals surface area contributed by atoms with Crippen molar-refractivity contribution in [2.75, 3.05) is 0 Å². The summed E-state index contributed by atoms with van der Waals surface area (Å²) in [6, 6.07) is 3.16. The minimum Gasteiger partial charge on any atom is -0.262 e. The molecule has 0 radical (unpaired) electrons. The Morgan fingerprint density at radius 2 is 2.12 bits per heavy atom. The Morgan fingerprint density at radius 1 is 1.29 bits per heavy atom. The third-order valence-corrected chi connectivity index (χ3v) is 2.90. The van der Waals surface area contributed by atoms with Crippen LogP contribution in [-0.2, 0) is 0 Å². The van der Waals surface area contributed by atoms with Crippen LogP contribution in [0.3, 0.4) is 0 Å². The molecular formula is C12H9ClFN3. The maximum Gasteiger partial charge on any atom is 0.150 e. The summed E-state index contributed by atoms with van der Waals surface area (Å²) >= 11 is 5.93. The maximum absolute atomic E-state index is 13.6.